The molecule has 45 heavy (non-hydrogen) atoms. The molecule has 3 amide bonds. The molecular formula is C26H25N3O13S3. The van der Waals surface area contributed by atoms with Gasteiger partial charge in [-0.3, -0.25) is 19.0 Å². The van der Waals surface area contributed by atoms with Gasteiger partial charge in [0.1, 0.15) is 28.6 Å². The van der Waals surface area contributed by atoms with Gasteiger partial charge < -0.3 is 19.9 Å². The van der Waals surface area contributed by atoms with E-state index < -0.39 is 95.5 Å². The van der Waals surface area contributed by atoms with Crippen molar-refractivity contribution < 1.29 is 59.9 Å². The van der Waals surface area contributed by atoms with Crippen molar-refractivity contribution in [2.75, 3.05) is 19.0 Å². The first-order chi connectivity index (χ1) is 21.2. The molecule has 1 fully saturated rings. The summed E-state index contributed by atoms with van der Waals surface area (Å²) in [6.45, 7) is 0.722. The van der Waals surface area contributed by atoms with Crippen LogP contribution in [0.25, 0.3) is 0 Å². The van der Waals surface area contributed by atoms with Crippen molar-refractivity contribution in [3.05, 3.63) is 70.9 Å². The van der Waals surface area contributed by atoms with E-state index in [4.69, 9.17) is 4.74 Å². The normalized spacial score (nSPS) is 17.9. The average Bonchev–Trinajstić information content (AvgIpc) is 2.97. The van der Waals surface area contributed by atoms with Crippen LogP contribution in [0, 0.1) is 0 Å². The average molecular weight is 684 g/mol. The van der Waals surface area contributed by atoms with Crippen LogP contribution in [0.4, 0.5) is 4.79 Å². The van der Waals surface area contributed by atoms with Crippen LogP contribution in [-0.2, 0) is 50.4 Å². The fraction of sp³-hybridized carbons (Fsp3) is 0.269. The number of rotatable bonds is 11. The molecule has 4 N–H and O–H groups in total. The van der Waals surface area contributed by atoms with E-state index in [0.29, 0.717) is 0 Å². The summed E-state index contributed by atoms with van der Waals surface area (Å²) in [6.07, 6.45) is -1.76. The first-order valence-corrected chi connectivity index (χ1v) is 16.8. The van der Waals surface area contributed by atoms with Gasteiger partial charge in [0, 0.05) is 11.3 Å². The summed E-state index contributed by atoms with van der Waals surface area (Å²) in [5.41, 5.74) is -0.934. The molecule has 0 saturated carbocycles. The standard InChI is InChI=1S/C26H25N3O13S3/c1-2-41-26(35)28-44(36,37)18-10-6-4-8-16(18)25(34)42-12-15-13-43-23-20(22(31)29(23)21(15)24(32)33)27-19(30)11-14-7-3-5-9-17(14)45(38,39)40/h3-10,20,23H,2,11-13H2,1H3,(H,27,30)(H,28,35)(H,32,33)(H,38,39,40)/t20-,23-/m1/s1. The predicted molar refractivity (Wildman–Crippen MR) is 154 cm³/mol. The zero-order chi connectivity index (χ0) is 33.1. The quantitative estimate of drug-likeness (QED) is 0.143. The van der Waals surface area contributed by atoms with Crippen molar-refractivity contribution in [1.82, 2.24) is 14.9 Å². The van der Waals surface area contributed by atoms with Gasteiger partial charge >= 0.3 is 18.0 Å². The monoisotopic (exact) mass is 683 g/mol. The summed E-state index contributed by atoms with van der Waals surface area (Å²) >= 11 is 1.06. The lowest BCUT2D eigenvalue weighted by Crippen LogP contribution is -2.70. The van der Waals surface area contributed by atoms with Crippen LogP contribution in [0.2, 0.25) is 0 Å². The van der Waals surface area contributed by atoms with Crippen LogP contribution in [-0.4, -0.2) is 91.6 Å². The highest BCUT2D eigenvalue weighted by Gasteiger charge is 2.54. The zero-order valence-electron chi connectivity index (χ0n) is 23.2. The predicted octanol–water partition coefficient (Wildman–Crippen LogP) is 0.506. The lowest BCUT2D eigenvalue weighted by Gasteiger charge is -2.49. The number of ether oxygens (including phenoxy) is 2. The highest BCUT2D eigenvalue weighted by atomic mass is 32.2. The molecule has 240 valence electrons. The van der Waals surface area contributed by atoms with Gasteiger partial charge in [0.2, 0.25) is 5.91 Å². The molecule has 2 aromatic rings. The summed E-state index contributed by atoms with van der Waals surface area (Å²) in [7, 11) is -9.17. The third-order valence-electron chi connectivity index (χ3n) is 6.43. The Balaban J connectivity index is 1.46. The molecule has 0 aromatic heterocycles. The number of esters is 1. The number of carboxylic acid groups (broad SMARTS) is 1. The molecular weight excluding hydrogens is 658 g/mol. The number of hydrogen-bond donors (Lipinski definition) is 4. The number of nitrogens with zero attached hydrogens (tertiary/aromatic N) is 1. The van der Waals surface area contributed by atoms with Gasteiger partial charge in [-0.05, 0) is 30.7 Å². The third kappa shape index (κ3) is 7.27. The number of sulfonamides is 1. The van der Waals surface area contributed by atoms with Gasteiger partial charge in [-0.2, -0.15) is 8.42 Å². The molecule has 2 aromatic carbocycles. The van der Waals surface area contributed by atoms with Gasteiger partial charge in [-0.25, -0.2) is 27.5 Å². The number of carbonyl (C=O) groups is 5. The molecule has 16 nitrogen and oxygen atoms in total. The van der Waals surface area contributed by atoms with Crippen LogP contribution in [0.5, 0.6) is 0 Å². The van der Waals surface area contributed by atoms with Crippen molar-refractivity contribution in [2.45, 2.75) is 34.6 Å². The number of carboxylic acids is 1. The fourth-order valence-corrected chi connectivity index (χ4v) is 7.65. The second-order valence-corrected chi connectivity index (χ2v) is 13.5. The summed E-state index contributed by atoms with van der Waals surface area (Å²) in [6, 6.07) is 8.92. The van der Waals surface area contributed by atoms with Crippen molar-refractivity contribution in [3.8, 4) is 0 Å². The molecule has 2 heterocycles. The third-order valence-corrected chi connectivity index (χ3v) is 10.1. The molecule has 0 bridgehead atoms. The highest BCUT2D eigenvalue weighted by molar-refractivity contribution is 8.00. The van der Waals surface area contributed by atoms with Gasteiger partial charge in [-0.1, -0.05) is 30.3 Å². The molecule has 1 saturated heterocycles. The maximum Gasteiger partial charge on any atom is 0.421 e. The van der Waals surface area contributed by atoms with Crippen LogP contribution < -0.4 is 10.0 Å². The zero-order valence-corrected chi connectivity index (χ0v) is 25.6. The minimum Gasteiger partial charge on any atom is -0.477 e. The summed E-state index contributed by atoms with van der Waals surface area (Å²) < 4.78 is 69.4. The maximum atomic E-state index is 13.0. The van der Waals surface area contributed by atoms with Crippen LogP contribution in [0.3, 0.4) is 0 Å². The lowest BCUT2D eigenvalue weighted by molar-refractivity contribution is -0.150. The van der Waals surface area contributed by atoms with Gasteiger partial charge in [0.05, 0.1) is 23.5 Å². The number of nitrogens with one attached hydrogen (secondary N) is 2. The lowest BCUT2D eigenvalue weighted by atomic mass is 10.0. The molecule has 2 atom stereocenters. The second-order valence-electron chi connectivity index (χ2n) is 9.37. The van der Waals surface area contributed by atoms with E-state index in [1.54, 1.807) is 4.72 Å². The Morgan fingerprint density at radius 2 is 1.64 bits per heavy atom. The number of carbonyl (C=O) groups excluding carboxylic acids is 4. The van der Waals surface area contributed by atoms with Gasteiger partial charge in [-0.15, -0.1) is 11.8 Å². The Kier molecular flexibility index (Phi) is 9.86. The number of fused-ring (bicyclic) bond motifs is 1. The molecule has 0 radical (unpaired) electrons. The summed E-state index contributed by atoms with van der Waals surface area (Å²) in [4.78, 5) is 62.2. The van der Waals surface area contributed by atoms with E-state index in [-0.39, 0.29) is 23.5 Å². The summed E-state index contributed by atoms with van der Waals surface area (Å²) in [5.74, 6) is -4.27. The van der Waals surface area contributed by atoms with E-state index in [9.17, 15) is 50.5 Å². The van der Waals surface area contributed by atoms with E-state index in [0.717, 1.165) is 34.9 Å². The van der Waals surface area contributed by atoms with Crippen LogP contribution in [0.1, 0.15) is 22.8 Å². The molecule has 0 aliphatic carbocycles. The summed E-state index contributed by atoms with van der Waals surface area (Å²) in [5, 5.41) is 11.5. The number of amides is 3. The Hall–Kier alpha value is -4.46. The van der Waals surface area contributed by atoms with Crippen molar-refractivity contribution in [3.63, 3.8) is 0 Å². The van der Waals surface area contributed by atoms with E-state index in [1.165, 1.54) is 37.3 Å². The van der Waals surface area contributed by atoms with Gasteiger partial charge in [0.25, 0.3) is 26.0 Å². The van der Waals surface area contributed by atoms with Crippen molar-refractivity contribution in [2.24, 2.45) is 0 Å². The minimum atomic E-state index is -4.62. The molecule has 19 heteroatoms. The Bertz CT molecular complexity index is 1820. The van der Waals surface area contributed by atoms with Crippen LogP contribution in [0.15, 0.2) is 69.6 Å². The largest absolute Gasteiger partial charge is 0.477 e. The number of hydrogen-bond acceptors (Lipinski definition) is 12. The van der Waals surface area contributed by atoms with Crippen molar-refractivity contribution in [1.29, 1.82) is 0 Å². The molecule has 0 spiro atoms. The minimum absolute atomic E-state index is 0.0151. The van der Waals surface area contributed by atoms with Crippen LogP contribution >= 0.6 is 11.8 Å². The highest BCUT2D eigenvalue weighted by Crippen LogP contribution is 2.40. The molecule has 4 rings (SSSR count). The van der Waals surface area contributed by atoms with Crippen molar-refractivity contribution >= 4 is 61.7 Å². The fourth-order valence-electron chi connectivity index (χ4n) is 4.52. The number of benzene rings is 2. The van der Waals surface area contributed by atoms with E-state index in [2.05, 4.69) is 10.1 Å². The first-order valence-electron chi connectivity index (χ1n) is 12.9. The SMILES string of the molecule is CCOC(=O)NS(=O)(=O)c1ccccc1C(=O)OCC1=C(C(=O)O)N2C(=O)[C@@H](NC(=O)Cc3ccccc3S(=O)(=O)O)[C@H]2SC1. The topological polar surface area (TPSA) is 240 Å². The number of aliphatic carboxylic acids is 1. The van der Waals surface area contributed by atoms with E-state index >= 15 is 0 Å². The first kappa shape index (κ1) is 33.4. The number of β-lactam (4-membered cyclic amide) rings is 1. The maximum absolute atomic E-state index is 13.0. The second kappa shape index (κ2) is 13.3. The molecule has 0 unspecified atom stereocenters. The van der Waals surface area contributed by atoms with E-state index in [1.807, 2.05) is 0 Å². The Labute approximate surface area is 260 Å². The molecule has 2 aliphatic rings. The number of thioether (sulfide) groups is 1. The molecule has 2 aliphatic heterocycles. The Morgan fingerprint density at radius 1 is 1.00 bits per heavy atom. The van der Waals surface area contributed by atoms with Gasteiger partial charge in [0.15, 0.2) is 0 Å². The Morgan fingerprint density at radius 3 is 2.29 bits per heavy atom. The smallest absolute Gasteiger partial charge is 0.421 e.